The van der Waals surface area contributed by atoms with Crippen LogP contribution >= 0.6 is 0 Å². The van der Waals surface area contributed by atoms with E-state index in [0.29, 0.717) is 0 Å². The zero-order chi connectivity index (χ0) is 11.6. The van der Waals surface area contributed by atoms with E-state index >= 15 is 0 Å². The van der Waals surface area contributed by atoms with Gasteiger partial charge in [-0.2, -0.15) is 5.10 Å². The van der Waals surface area contributed by atoms with Crippen LogP contribution in [0.25, 0.3) is 0 Å². The van der Waals surface area contributed by atoms with Crippen molar-refractivity contribution in [3.63, 3.8) is 0 Å². The second kappa shape index (κ2) is 4.55. The Morgan fingerprint density at radius 1 is 1.50 bits per heavy atom. The zero-order valence-corrected chi connectivity index (χ0v) is 10.2. The van der Waals surface area contributed by atoms with Crippen molar-refractivity contribution in [2.75, 3.05) is 19.6 Å². The maximum atomic E-state index is 10.0. The number of hydrogen-bond acceptors (Lipinski definition) is 3. The predicted octanol–water partition coefficient (Wildman–Crippen LogP) is 0.809. The highest BCUT2D eigenvalue weighted by Crippen LogP contribution is 2.25. The van der Waals surface area contributed by atoms with Crippen LogP contribution < -0.4 is 0 Å². The molecule has 2 rings (SSSR count). The highest BCUT2D eigenvalue weighted by atomic mass is 16.3. The number of β-amino-alcohol motifs (C(OH)–C–C–N with tert-alkyl or cyclic N) is 1. The van der Waals surface area contributed by atoms with Crippen molar-refractivity contribution in [1.82, 2.24) is 14.7 Å². The third kappa shape index (κ3) is 2.44. The average molecular weight is 223 g/mol. The molecule has 0 aromatic carbocycles. The van der Waals surface area contributed by atoms with E-state index in [9.17, 15) is 5.11 Å². The molecule has 1 aromatic heterocycles. The first-order chi connectivity index (χ1) is 7.63. The third-order valence-corrected chi connectivity index (χ3v) is 3.36. The van der Waals surface area contributed by atoms with Crippen LogP contribution in [0.4, 0.5) is 0 Å². The van der Waals surface area contributed by atoms with Crippen LogP contribution in [-0.2, 0) is 13.5 Å². The summed E-state index contributed by atoms with van der Waals surface area (Å²) in [5.41, 5.74) is 0.854. The minimum absolute atomic E-state index is 0.402. The van der Waals surface area contributed by atoms with Crippen molar-refractivity contribution in [1.29, 1.82) is 0 Å². The van der Waals surface area contributed by atoms with Crippen LogP contribution in [0.5, 0.6) is 0 Å². The van der Waals surface area contributed by atoms with Gasteiger partial charge in [0.1, 0.15) is 0 Å². The largest absolute Gasteiger partial charge is 0.387 e. The fraction of sp³-hybridized carbons (Fsp3) is 0.750. The van der Waals surface area contributed by atoms with Crippen molar-refractivity contribution >= 4 is 0 Å². The number of rotatable bonds is 5. The molecule has 90 valence electrons. The summed E-state index contributed by atoms with van der Waals surface area (Å²) >= 11 is 0. The molecule has 1 aliphatic rings. The average Bonchev–Trinajstić information content (AvgIpc) is 2.58. The first-order valence-electron chi connectivity index (χ1n) is 6.04. The van der Waals surface area contributed by atoms with Gasteiger partial charge in [0.05, 0.1) is 5.60 Å². The molecule has 0 amide bonds. The van der Waals surface area contributed by atoms with Gasteiger partial charge in [0.15, 0.2) is 0 Å². The van der Waals surface area contributed by atoms with Crippen LogP contribution in [0.2, 0.25) is 0 Å². The molecule has 0 saturated carbocycles. The first-order valence-corrected chi connectivity index (χ1v) is 6.04. The highest BCUT2D eigenvalue weighted by molar-refractivity contribution is 5.02. The Balaban J connectivity index is 1.72. The Kier molecular flexibility index (Phi) is 3.30. The Morgan fingerprint density at radius 3 is 2.81 bits per heavy atom. The summed E-state index contributed by atoms with van der Waals surface area (Å²) in [6, 6.07) is 2.05. The minimum Gasteiger partial charge on any atom is -0.387 e. The molecular formula is C12H21N3O. The SMILES string of the molecule is CCCC1(O)CN(CCc2ccnn2C)C1. The molecule has 1 N–H and O–H groups in total. The minimum atomic E-state index is -0.402. The van der Waals surface area contributed by atoms with Gasteiger partial charge in [0.2, 0.25) is 0 Å². The summed E-state index contributed by atoms with van der Waals surface area (Å²) in [7, 11) is 1.97. The molecule has 0 spiro atoms. The van der Waals surface area contributed by atoms with Crippen LogP contribution in [0.1, 0.15) is 25.5 Å². The lowest BCUT2D eigenvalue weighted by Crippen LogP contribution is -2.61. The van der Waals surface area contributed by atoms with Crippen LogP contribution in [0.15, 0.2) is 12.3 Å². The number of aliphatic hydroxyl groups is 1. The van der Waals surface area contributed by atoms with Gasteiger partial charge in [-0.3, -0.25) is 9.58 Å². The highest BCUT2D eigenvalue weighted by Gasteiger charge is 2.39. The molecule has 1 aliphatic heterocycles. The van der Waals surface area contributed by atoms with Gasteiger partial charge in [0, 0.05) is 45.0 Å². The summed E-state index contributed by atoms with van der Waals surface area (Å²) in [5, 5.41) is 14.2. The smallest absolute Gasteiger partial charge is 0.0900 e. The number of likely N-dealkylation sites (tertiary alicyclic amines) is 1. The molecule has 0 aliphatic carbocycles. The summed E-state index contributed by atoms with van der Waals surface area (Å²) in [5.74, 6) is 0. The topological polar surface area (TPSA) is 41.3 Å². The fourth-order valence-corrected chi connectivity index (χ4v) is 2.49. The lowest BCUT2D eigenvalue weighted by molar-refractivity contribution is -0.102. The number of aryl methyl sites for hydroxylation is 1. The molecule has 2 heterocycles. The number of aromatic nitrogens is 2. The normalized spacial score (nSPS) is 19.7. The van der Waals surface area contributed by atoms with Crippen molar-refractivity contribution in [3.05, 3.63) is 18.0 Å². The summed E-state index contributed by atoms with van der Waals surface area (Å²) in [6.07, 6.45) is 4.83. The molecular weight excluding hydrogens is 202 g/mol. The molecule has 0 unspecified atom stereocenters. The second-order valence-electron chi connectivity index (χ2n) is 4.88. The van der Waals surface area contributed by atoms with Gasteiger partial charge in [-0.15, -0.1) is 0 Å². The number of hydrogen-bond donors (Lipinski definition) is 1. The van der Waals surface area contributed by atoms with Crippen molar-refractivity contribution in [3.8, 4) is 0 Å². The van der Waals surface area contributed by atoms with Crippen LogP contribution in [0.3, 0.4) is 0 Å². The van der Waals surface area contributed by atoms with Gasteiger partial charge in [-0.1, -0.05) is 13.3 Å². The summed E-state index contributed by atoms with van der Waals surface area (Å²) < 4.78 is 1.91. The molecule has 4 nitrogen and oxygen atoms in total. The molecule has 0 bridgehead atoms. The number of nitrogens with zero attached hydrogens (tertiary/aromatic N) is 3. The van der Waals surface area contributed by atoms with Crippen molar-refractivity contribution < 1.29 is 5.11 Å². The van der Waals surface area contributed by atoms with Crippen molar-refractivity contribution in [2.24, 2.45) is 7.05 Å². The Labute approximate surface area is 96.9 Å². The van der Waals surface area contributed by atoms with E-state index in [0.717, 1.165) is 38.9 Å². The molecule has 1 aromatic rings. The van der Waals surface area contributed by atoms with Gasteiger partial charge in [-0.05, 0) is 12.5 Å². The van der Waals surface area contributed by atoms with E-state index < -0.39 is 5.60 Å². The van der Waals surface area contributed by atoms with Gasteiger partial charge in [-0.25, -0.2) is 0 Å². The molecule has 0 atom stereocenters. The third-order valence-electron chi connectivity index (χ3n) is 3.36. The van der Waals surface area contributed by atoms with E-state index in [-0.39, 0.29) is 0 Å². The lowest BCUT2D eigenvalue weighted by Gasteiger charge is -2.46. The van der Waals surface area contributed by atoms with Gasteiger partial charge < -0.3 is 5.11 Å². The molecule has 16 heavy (non-hydrogen) atoms. The van der Waals surface area contributed by atoms with Gasteiger partial charge in [0.25, 0.3) is 0 Å². The zero-order valence-electron chi connectivity index (χ0n) is 10.2. The van der Waals surface area contributed by atoms with Crippen molar-refractivity contribution in [2.45, 2.75) is 31.8 Å². The lowest BCUT2D eigenvalue weighted by atomic mass is 9.89. The standard InChI is InChI=1S/C12H21N3O/c1-3-6-12(16)9-15(10-12)8-5-11-4-7-13-14(11)2/h4,7,16H,3,5-6,8-10H2,1-2H3. The van der Waals surface area contributed by atoms with E-state index in [1.165, 1.54) is 5.69 Å². The molecule has 0 radical (unpaired) electrons. The van der Waals surface area contributed by atoms with E-state index in [4.69, 9.17) is 0 Å². The Bertz CT molecular complexity index is 342. The van der Waals surface area contributed by atoms with Crippen LogP contribution in [0, 0.1) is 0 Å². The maximum absolute atomic E-state index is 10.0. The molecule has 4 heteroatoms. The quantitative estimate of drug-likeness (QED) is 0.803. The molecule has 1 saturated heterocycles. The first kappa shape index (κ1) is 11.6. The van der Waals surface area contributed by atoms with E-state index in [1.807, 2.05) is 17.9 Å². The second-order valence-corrected chi connectivity index (χ2v) is 4.88. The Morgan fingerprint density at radius 2 is 2.25 bits per heavy atom. The van der Waals surface area contributed by atoms with Crippen LogP contribution in [-0.4, -0.2) is 45.0 Å². The Hall–Kier alpha value is -0.870. The van der Waals surface area contributed by atoms with Gasteiger partial charge >= 0.3 is 0 Å². The maximum Gasteiger partial charge on any atom is 0.0900 e. The summed E-state index contributed by atoms with van der Waals surface area (Å²) in [6.45, 7) is 4.80. The fourth-order valence-electron chi connectivity index (χ4n) is 2.49. The molecule has 1 fully saturated rings. The van der Waals surface area contributed by atoms with E-state index in [1.54, 1.807) is 0 Å². The van der Waals surface area contributed by atoms with E-state index in [2.05, 4.69) is 23.0 Å². The monoisotopic (exact) mass is 223 g/mol. The summed E-state index contributed by atoms with van der Waals surface area (Å²) in [4.78, 5) is 2.31. The predicted molar refractivity (Wildman–Crippen MR) is 63.2 cm³/mol.